The third kappa shape index (κ3) is 2.33. The quantitative estimate of drug-likeness (QED) is 0.173. The van der Waals surface area contributed by atoms with E-state index in [2.05, 4.69) is 112 Å². The third-order valence-electron chi connectivity index (χ3n) is 7.27. The van der Waals surface area contributed by atoms with Gasteiger partial charge in [0.1, 0.15) is 0 Å². The molecule has 0 aliphatic carbocycles. The molecule has 0 aromatic heterocycles. The Bertz CT molecular complexity index is 1830. The molecule has 0 saturated heterocycles. The summed E-state index contributed by atoms with van der Waals surface area (Å²) in [6.07, 6.45) is 0. The molecule has 0 saturated carbocycles. The van der Waals surface area contributed by atoms with Crippen LogP contribution < -0.4 is 0 Å². The molecule has 7 aromatic rings. The van der Waals surface area contributed by atoms with Crippen molar-refractivity contribution in [3.05, 3.63) is 96.6 Å². The lowest BCUT2D eigenvalue weighted by molar-refractivity contribution is 0.591. The summed E-state index contributed by atoms with van der Waals surface area (Å²) < 4.78 is 0. The van der Waals surface area contributed by atoms with Crippen LogP contribution in [-0.4, -0.2) is 0 Å². The van der Waals surface area contributed by atoms with Crippen LogP contribution >= 0.6 is 0 Å². The van der Waals surface area contributed by atoms with Gasteiger partial charge in [-0.3, -0.25) is 0 Å². The summed E-state index contributed by atoms with van der Waals surface area (Å²) >= 11 is 0. The molecule has 0 atom stereocenters. The first kappa shape index (κ1) is 18.0. The molecule has 0 fully saturated rings. The topological polar surface area (TPSA) is 0 Å². The second-order valence-electron chi connectivity index (χ2n) is 10.2. The average Bonchev–Trinajstić information content (AvgIpc) is 2.80. The van der Waals surface area contributed by atoms with Gasteiger partial charge >= 0.3 is 0 Å². The van der Waals surface area contributed by atoms with Gasteiger partial charge in [-0.15, -0.1) is 0 Å². The van der Waals surface area contributed by atoms with Crippen LogP contribution in [0.1, 0.15) is 26.3 Å². The molecule has 0 nitrogen and oxygen atoms in total. The SMILES string of the molecule is CC(C)(C)c1cc2ccc3cc4ccc5ccc6ccccc6c5c4c4ccc(c1)c2c34. The van der Waals surface area contributed by atoms with E-state index in [0.29, 0.717) is 0 Å². The van der Waals surface area contributed by atoms with Gasteiger partial charge in [0.2, 0.25) is 0 Å². The predicted molar refractivity (Wildman–Crippen MR) is 141 cm³/mol. The number of hydrogen-bond acceptors (Lipinski definition) is 0. The van der Waals surface area contributed by atoms with Crippen molar-refractivity contribution in [3.8, 4) is 0 Å². The first-order valence-corrected chi connectivity index (χ1v) is 11.5. The first-order chi connectivity index (χ1) is 15.5. The Morgan fingerprint density at radius 2 is 0.906 bits per heavy atom. The van der Waals surface area contributed by atoms with Crippen molar-refractivity contribution in [2.45, 2.75) is 26.2 Å². The molecule has 152 valence electrons. The second-order valence-corrected chi connectivity index (χ2v) is 10.2. The monoisotopic (exact) mass is 408 g/mol. The summed E-state index contributed by atoms with van der Waals surface area (Å²) in [5, 5.41) is 16.2. The fraction of sp³-hybridized carbons (Fsp3) is 0.125. The molecule has 0 radical (unpaired) electrons. The van der Waals surface area contributed by atoms with Gasteiger partial charge in [0.15, 0.2) is 0 Å². The number of fused-ring (bicyclic) bond motifs is 6. The molecule has 0 amide bonds. The molecule has 7 rings (SSSR count). The van der Waals surface area contributed by atoms with Gasteiger partial charge in [-0.05, 0) is 81.7 Å². The maximum absolute atomic E-state index is 2.39. The highest BCUT2D eigenvalue weighted by Crippen LogP contribution is 2.43. The minimum Gasteiger partial charge on any atom is -0.0616 e. The highest BCUT2D eigenvalue weighted by molar-refractivity contribution is 6.35. The Kier molecular flexibility index (Phi) is 3.36. The van der Waals surface area contributed by atoms with Crippen molar-refractivity contribution in [3.63, 3.8) is 0 Å². The average molecular weight is 409 g/mol. The fourth-order valence-electron chi connectivity index (χ4n) is 5.65. The normalized spacial score (nSPS) is 12.8. The predicted octanol–water partition coefficient (Wildman–Crippen LogP) is 9.34. The number of benzene rings is 7. The van der Waals surface area contributed by atoms with Gasteiger partial charge in [-0.2, -0.15) is 0 Å². The van der Waals surface area contributed by atoms with Crippen LogP contribution in [0.5, 0.6) is 0 Å². The summed E-state index contributed by atoms with van der Waals surface area (Å²) in [7, 11) is 0. The molecular formula is C32H24. The molecule has 32 heavy (non-hydrogen) atoms. The summed E-state index contributed by atoms with van der Waals surface area (Å²) in [6.45, 7) is 6.89. The van der Waals surface area contributed by atoms with Crippen LogP contribution in [0, 0.1) is 0 Å². The van der Waals surface area contributed by atoms with E-state index in [9.17, 15) is 0 Å². The van der Waals surface area contributed by atoms with Gasteiger partial charge in [-0.1, -0.05) is 106 Å². The van der Waals surface area contributed by atoms with Crippen molar-refractivity contribution < 1.29 is 0 Å². The van der Waals surface area contributed by atoms with Crippen molar-refractivity contribution in [2.24, 2.45) is 0 Å². The second kappa shape index (κ2) is 5.99. The molecule has 0 unspecified atom stereocenters. The van der Waals surface area contributed by atoms with E-state index in [-0.39, 0.29) is 5.41 Å². The molecule has 0 bridgehead atoms. The van der Waals surface area contributed by atoms with Crippen LogP contribution in [0.3, 0.4) is 0 Å². The lowest BCUT2D eigenvalue weighted by atomic mass is 9.82. The van der Waals surface area contributed by atoms with Crippen LogP contribution in [0.4, 0.5) is 0 Å². The lowest BCUT2D eigenvalue weighted by Gasteiger charge is -2.22. The Morgan fingerprint density at radius 3 is 1.59 bits per heavy atom. The maximum atomic E-state index is 2.39. The highest BCUT2D eigenvalue weighted by atomic mass is 14.2. The smallest absolute Gasteiger partial charge is 0.00199 e. The van der Waals surface area contributed by atoms with Gasteiger partial charge < -0.3 is 0 Å². The Labute approximate surface area is 187 Å². The molecule has 0 N–H and O–H groups in total. The lowest BCUT2D eigenvalue weighted by Crippen LogP contribution is -2.10. The van der Waals surface area contributed by atoms with Crippen LogP contribution in [0.15, 0.2) is 91.0 Å². The molecule has 0 spiro atoms. The van der Waals surface area contributed by atoms with Gasteiger partial charge in [0.05, 0.1) is 0 Å². The zero-order valence-corrected chi connectivity index (χ0v) is 18.7. The van der Waals surface area contributed by atoms with E-state index in [1.165, 1.54) is 70.2 Å². The molecular weight excluding hydrogens is 384 g/mol. The van der Waals surface area contributed by atoms with Gasteiger partial charge in [-0.25, -0.2) is 0 Å². The Hall–Kier alpha value is -3.64. The number of rotatable bonds is 0. The van der Waals surface area contributed by atoms with E-state index in [1.54, 1.807) is 0 Å². The highest BCUT2D eigenvalue weighted by Gasteiger charge is 2.18. The van der Waals surface area contributed by atoms with Crippen molar-refractivity contribution >= 4 is 64.6 Å². The van der Waals surface area contributed by atoms with E-state index < -0.39 is 0 Å². The van der Waals surface area contributed by atoms with E-state index in [0.717, 1.165) is 0 Å². The molecule has 7 aromatic carbocycles. The van der Waals surface area contributed by atoms with E-state index in [4.69, 9.17) is 0 Å². The summed E-state index contributed by atoms with van der Waals surface area (Å²) in [4.78, 5) is 0. The Morgan fingerprint density at radius 1 is 0.406 bits per heavy atom. The van der Waals surface area contributed by atoms with Crippen LogP contribution in [-0.2, 0) is 5.41 Å². The zero-order chi connectivity index (χ0) is 21.6. The van der Waals surface area contributed by atoms with E-state index in [1.807, 2.05) is 0 Å². The molecule has 0 aliphatic heterocycles. The standard InChI is InChI=1S/C32H24/c1-32(2,3)25-17-23-13-12-21-16-22-11-10-20-9-8-19-6-4-5-7-26(19)29(20)31(22)27-15-14-24(18-25)28(23)30(21)27/h4-18H,1-3H3. The summed E-state index contributed by atoms with van der Waals surface area (Å²) in [6, 6.07) is 34.3. The van der Waals surface area contributed by atoms with Crippen molar-refractivity contribution in [2.75, 3.05) is 0 Å². The largest absolute Gasteiger partial charge is 0.0616 e. The zero-order valence-electron chi connectivity index (χ0n) is 18.7. The minimum atomic E-state index is 0.131. The van der Waals surface area contributed by atoms with Gasteiger partial charge in [0.25, 0.3) is 0 Å². The number of hydrogen-bond donors (Lipinski definition) is 0. The van der Waals surface area contributed by atoms with Crippen molar-refractivity contribution in [1.29, 1.82) is 0 Å². The molecule has 0 heterocycles. The maximum Gasteiger partial charge on any atom is -0.00199 e. The van der Waals surface area contributed by atoms with Gasteiger partial charge in [0, 0.05) is 0 Å². The molecule has 0 heteroatoms. The van der Waals surface area contributed by atoms with Crippen LogP contribution in [0.2, 0.25) is 0 Å². The third-order valence-corrected chi connectivity index (χ3v) is 7.27. The van der Waals surface area contributed by atoms with Crippen LogP contribution in [0.25, 0.3) is 64.6 Å². The minimum absolute atomic E-state index is 0.131. The summed E-state index contributed by atoms with van der Waals surface area (Å²) in [5.41, 5.74) is 1.52. The van der Waals surface area contributed by atoms with Crippen molar-refractivity contribution in [1.82, 2.24) is 0 Å². The molecule has 0 aliphatic rings. The fourth-order valence-corrected chi connectivity index (χ4v) is 5.65. The first-order valence-electron chi connectivity index (χ1n) is 11.5. The summed E-state index contributed by atoms with van der Waals surface area (Å²) in [5.74, 6) is 0. The Balaban J connectivity index is 1.75. The van der Waals surface area contributed by atoms with E-state index >= 15 is 0 Å².